The summed E-state index contributed by atoms with van der Waals surface area (Å²) in [5.74, 6) is -1.60. The molecule has 0 unspecified atom stereocenters. The number of nitrogens with one attached hydrogen (secondary N) is 1. The van der Waals surface area contributed by atoms with Crippen LogP contribution in [0.15, 0.2) is 18.2 Å². The minimum atomic E-state index is -0.676. The van der Waals surface area contributed by atoms with Gasteiger partial charge in [0, 0.05) is 11.6 Å². The first-order valence-electron chi connectivity index (χ1n) is 6.37. The fraction of sp³-hybridized carbons (Fsp3) is 0.500. The van der Waals surface area contributed by atoms with Gasteiger partial charge < -0.3 is 11.1 Å². The summed E-state index contributed by atoms with van der Waals surface area (Å²) in [5.41, 5.74) is 6.04. The van der Waals surface area contributed by atoms with Crippen LogP contribution in [0.5, 0.6) is 0 Å². The van der Waals surface area contributed by atoms with E-state index >= 15 is 0 Å². The van der Waals surface area contributed by atoms with E-state index in [1.807, 2.05) is 13.8 Å². The van der Waals surface area contributed by atoms with E-state index in [1.165, 1.54) is 6.07 Å². The third-order valence-electron chi connectivity index (χ3n) is 3.35. The first-order valence-corrected chi connectivity index (χ1v) is 6.37. The molecule has 0 aliphatic carbocycles. The summed E-state index contributed by atoms with van der Waals surface area (Å²) >= 11 is 0. The van der Waals surface area contributed by atoms with Crippen LogP contribution in [0.2, 0.25) is 0 Å². The van der Waals surface area contributed by atoms with Gasteiger partial charge in [-0.3, -0.25) is 4.79 Å². The number of nitrogens with two attached hydrogens (primary N) is 1. The van der Waals surface area contributed by atoms with Gasteiger partial charge in [0.25, 0.3) is 0 Å². The average molecular weight is 270 g/mol. The summed E-state index contributed by atoms with van der Waals surface area (Å²) in [4.78, 5) is 11.9. The van der Waals surface area contributed by atoms with Crippen LogP contribution in [0.4, 0.5) is 8.78 Å². The van der Waals surface area contributed by atoms with Crippen LogP contribution >= 0.6 is 0 Å². The molecular formula is C14H20F2N2O. The van der Waals surface area contributed by atoms with Crippen molar-refractivity contribution < 1.29 is 13.6 Å². The summed E-state index contributed by atoms with van der Waals surface area (Å²) in [7, 11) is 0. The van der Waals surface area contributed by atoms with Gasteiger partial charge in [-0.05, 0) is 18.9 Å². The Balaban J connectivity index is 2.74. The van der Waals surface area contributed by atoms with Crippen molar-refractivity contribution in [1.82, 2.24) is 5.32 Å². The molecule has 0 spiro atoms. The Bertz CT molecular complexity index is 451. The Kier molecular flexibility index (Phi) is 5.42. The van der Waals surface area contributed by atoms with Crippen LogP contribution in [-0.2, 0) is 4.79 Å². The third kappa shape index (κ3) is 3.99. The van der Waals surface area contributed by atoms with Crippen LogP contribution in [0.3, 0.4) is 0 Å². The maximum Gasteiger partial charge on any atom is 0.237 e. The highest BCUT2D eigenvalue weighted by molar-refractivity contribution is 5.82. The molecular weight excluding hydrogens is 250 g/mol. The molecule has 0 saturated heterocycles. The number of halogens is 2. The quantitative estimate of drug-likeness (QED) is 0.863. The average Bonchev–Trinajstić information content (AvgIpc) is 2.36. The summed E-state index contributed by atoms with van der Waals surface area (Å²) in [6.07, 6.45) is 0.786. The van der Waals surface area contributed by atoms with Crippen LogP contribution in [-0.4, -0.2) is 11.9 Å². The van der Waals surface area contributed by atoms with Crippen molar-refractivity contribution in [3.63, 3.8) is 0 Å². The van der Waals surface area contributed by atoms with E-state index in [2.05, 4.69) is 5.32 Å². The standard InChI is InChI=1S/C14H20F2N2O/c1-4-8(2)13(17)14(19)18-9(3)11-6-5-10(15)7-12(11)16/h5-9,13H,4,17H2,1-3H3,(H,18,19)/t8-,9+,13-/m0/s1. The van der Waals surface area contributed by atoms with Crippen LogP contribution < -0.4 is 11.1 Å². The molecule has 3 nitrogen and oxygen atoms in total. The van der Waals surface area contributed by atoms with Crippen molar-refractivity contribution in [2.24, 2.45) is 11.7 Å². The van der Waals surface area contributed by atoms with Crippen LogP contribution in [0.25, 0.3) is 0 Å². The van der Waals surface area contributed by atoms with E-state index in [1.54, 1.807) is 6.92 Å². The highest BCUT2D eigenvalue weighted by Crippen LogP contribution is 2.18. The summed E-state index contributed by atoms with van der Waals surface area (Å²) in [5, 5.41) is 2.65. The molecule has 1 aromatic rings. The van der Waals surface area contributed by atoms with Gasteiger partial charge in [-0.1, -0.05) is 26.3 Å². The SMILES string of the molecule is CC[C@H](C)[C@H](N)C(=O)N[C@H](C)c1ccc(F)cc1F. The van der Waals surface area contributed by atoms with Crippen molar-refractivity contribution in [3.05, 3.63) is 35.4 Å². The molecule has 1 rings (SSSR count). The molecule has 5 heteroatoms. The molecule has 19 heavy (non-hydrogen) atoms. The zero-order chi connectivity index (χ0) is 14.6. The van der Waals surface area contributed by atoms with E-state index in [0.717, 1.165) is 18.6 Å². The molecule has 0 heterocycles. The Morgan fingerprint density at radius 2 is 2.00 bits per heavy atom. The number of rotatable bonds is 5. The van der Waals surface area contributed by atoms with Gasteiger partial charge >= 0.3 is 0 Å². The number of hydrogen-bond donors (Lipinski definition) is 2. The molecule has 0 bridgehead atoms. The van der Waals surface area contributed by atoms with Crippen molar-refractivity contribution in [2.75, 3.05) is 0 Å². The molecule has 0 aliphatic heterocycles. The maximum absolute atomic E-state index is 13.6. The van der Waals surface area contributed by atoms with Crippen molar-refractivity contribution in [1.29, 1.82) is 0 Å². The number of amides is 1. The summed E-state index contributed by atoms with van der Waals surface area (Å²) in [6, 6.07) is 2.10. The van der Waals surface area contributed by atoms with E-state index in [-0.39, 0.29) is 17.4 Å². The van der Waals surface area contributed by atoms with E-state index < -0.39 is 23.7 Å². The normalized spacial score (nSPS) is 15.7. The zero-order valence-corrected chi connectivity index (χ0v) is 11.4. The third-order valence-corrected chi connectivity index (χ3v) is 3.35. The second-order valence-electron chi connectivity index (χ2n) is 4.81. The second kappa shape index (κ2) is 6.61. The monoisotopic (exact) mass is 270 g/mol. The lowest BCUT2D eigenvalue weighted by Gasteiger charge is -2.21. The molecule has 0 aliphatic rings. The van der Waals surface area contributed by atoms with Crippen molar-refractivity contribution in [2.45, 2.75) is 39.3 Å². The van der Waals surface area contributed by atoms with Gasteiger partial charge in [-0.2, -0.15) is 0 Å². The van der Waals surface area contributed by atoms with E-state index in [0.29, 0.717) is 0 Å². The molecule has 3 N–H and O–H groups in total. The molecule has 3 atom stereocenters. The fourth-order valence-electron chi connectivity index (χ4n) is 1.75. The number of hydrogen-bond acceptors (Lipinski definition) is 2. The van der Waals surface area contributed by atoms with E-state index in [4.69, 9.17) is 5.73 Å². The minimum absolute atomic E-state index is 0.0465. The van der Waals surface area contributed by atoms with Crippen LogP contribution in [0, 0.1) is 17.6 Å². The molecule has 106 valence electrons. The molecule has 0 aromatic heterocycles. The first kappa shape index (κ1) is 15.6. The minimum Gasteiger partial charge on any atom is -0.348 e. The predicted octanol–water partition coefficient (Wildman–Crippen LogP) is 2.52. The van der Waals surface area contributed by atoms with Gasteiger partial charge in [0.2, 0.25) is 5.91 Å². The van der Waals surface area contributed by atoms with Crippen molar-refractivity contribution >= 4 is 5.91 Å². The van der Waals surface area contributed by atoms with Gasteiger partial charge in [-0.25, -0.2) is 8.78 Å². The van der Waals surface area contributed by atoms with Gasteiger partial charge in [0.1, 0.15) is 11.6 Å². The predicted molar refractivity (Wildman–Crippen MR) is 70.3 cm³/mol. The second-order valence-corrected chi connectivity index (χ2v) is 4.81. The Labute approximate surface area is 112 Å². The smallest absolute Gasteiger partial charge is 0.237 e. The largest absolute Gasteiger partial charge is 0.348 e. The first-order chi connectivity index (χ1) is 8.86. The lowest BCUT2D eigenvalue weighted by atomic mass is 9.98. The van der Waals surface area contributed by atoms with E-state index in [9.17, 15) is 13.6 Å². The van der Waals surface area contributed by atoms with Gasteiger partial charge in [-0.15, -0.1) is 0 Å². The Hall–Kier alpha value is -1.49. The van der Waals surface area contributed by atoms with Crippen molar-refractivity contribution in [3.8, 4) is 0 Å². The summed E-state index contributed by atoms with van der Waals surface area (Å²) < 4.78 is 26.4. The molecule has 1 amide bonds. The topological polar surface area (TPSA) is 55.1 Å². The molecule has 0 saturated carbocycles. The molecule has 1 aromatic carbocycles. The van der Waals surface area contributed by atoms with Gasteiger partial charge in [0.05, 0.1) is 12.1 Å². The number of benzene rings is 1. The highest BCUT2D eigenvalue weighted by atomic mass is 19.1. The molecule has 0 radical (unpaired) electrons. The Morgan fingerprint density at radius 1 is 1.37 bits per heavy atom. The Morgan fingerprint density at radius 3 is 2.53 bits per heavy atom. The van der Waals surface area contributed by atoms with Crippen LogP contribution in [0.1, 0.15) is 38.8 Å². The van der Waals surface area contributed by atoms with Gasteiger partial charge in [0.15, 0.2) is 0 Å². The fourth-order valence-corrected chi connectivity index (χ4v) is 1.75. The zero-order valence-electron chi connectivity index (χ0n) is 11.4. The number of carbonyl (C=O) groups is 1. The maximum atomic E-state index is 13.6. The highest BCUT2D eigenvalue weighted by Gasteiger charge is 2.22. The number of carbonyl (C=O) groups excluding carboxylic acids is 1. The lowest BCUT2D eigenvalue weighted by molar-refractivity contribution is -0.124. The lowest BCUT2D eigenvalue weighted by Crippen LogP contribution is -2.45. The molecule has 0 fully saturated rings. The summed E-state index contributed by atoms with van der Waals surface area (Å²) in [6.45, 7) is 5.46.